The summed E-state index contributed by atoms with van der Waals surface area (Å²) >= 11 is 0. The number of carbonyl (C=O) groups excluding carboxylic acids is 1. The molecule has 0 atom stereocenters. The summed E-state index contributed by atoms with van der Waals surface area (Å²) < 4.78 is 37.8. The number of halogens is 3. The molecule has 0 saturated heterocycles. The smallest absolute Gasteiger partial charge is 0.322 e. The van der Waals surface area contributed by atoms with Gasteiger partial charge in [0.05, 0.1) is 11.8 Å². The normalized spacial score (nSPS) is 11.6. The first-order valence-corrected chi connectivity index (χ1v) is 5.46. The summed E-state index contributed by atoms with van der Waals surface area (Å²) in [4.78, 5) is 13.3. The first kappa shape index (κ1) is 14.5. The second-order valence-corrected chi connectivity index (χ2v) is 3.64. The van der Waals surface area contributed by atoms with E-state index >= 15 is 0 Å². The molecule has 102 valence electrons. The number of nitrogens with one attached hydrogen (secondary N) is 1. The monoisotopic (exact) mass is 264 g/mol. The number of hydrogen-bond acceptors (Lipinski definition) is 3. The van der Waals surface area contributed by atoms with Gasteiger partial charge in [0.25, 0.3) is 0 Å². The van der Waals surface area contributed by atoms with Crippen molar-refractivity contribution in [2.45, 2.75) is 13.1 Å². The maximum Gasteiger partial charge on any atom is 0.419 e. The highest BCUT2D eigenvalue weighted by molar-refractivity contribution is 5.76. The summed E-state index contributed by atoms with van der Waals surface area (Å²) in [5, 5.41) is 6.31. The fourth-order valence-electron chi connectivity index (χ4n) is 1.35. The van der Waals surface area contributed by atoms with Crippen molar-refractivity contribution in [1.82, 2.24) is 20.0 Å². The Labute approximate surface area is 103 Å². The van der Waals surface area contributed by atoms with Crippen molar-refractivity contribution in [3.8, 4) is 0 Å². The van der Waals surface area contributed by atoms with Crippen LogP contribution in [0.1, 0.15) is 12.5 Å². The summed E-state index contributed by atoms with van der Waals surface area (Å²) in [6.07, 6.45) is -3.14. The van der Waals surface area contributed by atoms with Crippen LogP contribution in [0.4, 0.5) is 18.0 Å². The average molecular weight is 264 g/mol. The zero-order valence-electron chi connectivity index (χ0n) is 10.2. The minimum absolute atomic E-state index is 0.404. The van der Waals surface area contributed by atoms with E-state index in [-0.39, 0.29) is 0 Å². The number of aromatic nitrogens is 2. The van der Waals surface area contributed by atoms with E-state index in [1.54, 1.807) is 14.0 Å². The van der Waals surface area contributed by atoms with Crippen LogP contribution in [-0.4, -0.2) is 47.4 Å². The number of hydrogen-bond donors (Lipinski definition) is 1. The van der Waals surface area contributed by atoms with Crippen LogP contribution in [0.5, 0.6) is 0 Å². The van der Waals surface area contributed by atoms with Crippen LogP contribution in [0, 0.1) is 0 Å². The Morgan fingerprint density at radius 2 is 2.22 bits per heavy atom. The highest BCUT2D eigenvalue weighted by Crippen LogP contribution is 2.28. The van der Waals surface area contributed by atoms with Crippen molar-refractivity contribution < 1.29 is 18.0 Å². The van der Waals surface area contributed by atoms with Gasteiger partial charge in [-0.2, -0.15) is 23.0 Å². The molecule has 1 aromatic rings. The van der Waals surface area contributed by atoms with Crippen molar-refractivity contribution in [3.05, 3.63) is 18.0 Å². The van der Waals surface area contributed by atoms with Gasteiger partial charge < -0.3 is 10.2 Å². The molecule has 0 aliphatic rings. The topological polar surface area (TPSA) is 50.2 Å². The number of nitrogens with zero attached hydrogens (tertiary/aromatic N) is 3. The number of rotatable bonds is 4. The molecule has 0 aromatic carbocycles. The second-order valence-electron chi connectivity index (χ2n) is 3.64. The summed E-state index contributed by atoms with van der Waals surface area (Å²) in [5.41, 5.74) is -0.930. The van der Waals surface area contributed by atoms with Gasteiger partial charge in [0.15, 0.2) is 0 Å². The van der Waals surface area contributed by atoms with Crippen molar-refractivity contribution in [1.29, 1.82) is 0 Å². The summed E-state index contributed by atoms with van der Waals surface area (Å²) in [6, 6.07) is -0.566. The van der Waals surface area contributed by atoms with Crippen LogP contribution in [0.25, 0.3) is 0 Å². The highest BCUT2D eigenvalue weighted by atomic mass is 19.4. The molecule has 5 nitrogen and oxygen atoms in total. The molecular weight excluding hydrogens is 249 g/mol. The first-order chi connectivity index (χ1) is 8.40. The molecular formula is C10H15F3N4O. The van der Waals surface area contributed by atoms with Gasteiger partial charge in [-0.05, 0) is 14.0 Å². The third-order valence-corrected chi connectivity index (χ3v) is 2.39. The number of likely N-dealkylation sites (N-methyl/N-ethyl adjacent to an activating group) is 2. The van der Waals surface area contributed by atoms with Crippen LogP contribution in [0.15, 0.2) is 12.4 Å². The lowest BCUT2D eigenvalue weighted by atomic mass is 10.4. The minimum Gasteiger partial charge on any atom is -0.322 e. The second kappa shape index (κ2) is 5.85. The van der Waals surface area contributed by atoms with Crippen molar-refractivity contribution in [2.24, 2.45) is 0 Å². The number of amides is 1. The molecule has 0 spiro atoms. The van der Waals surface area contributed by atoms with Crippen LogP contribution in [0.2, 0.25) is 0 Å². The Hall–Kier alpha value is -1.57. The Morgan fingerprint density at radius 3 is 2.67 bits per heavy atom. The molecule has 0 bridgehead atoms. The van der Waals surface area contributed by atoms with E-state index in [1.165, 1.54) is 4.90 Å². The maximum atomic E-state index is 12.4. The molecule has 0 radical (unpaired) electrons. The lowest BCUT2D eigenvalue weighted by molar-refractivity contribution is -0.137. The van der Waals surface area contributed by atoms with Crippen molar-refractivity contribution >= 4 is 6.03 Å². The van der Waals surface area contributed by atoms with E-state index < -0.39 is 17.8 Å². The van der Waals surface area contributed by atoms with Gasteiger partial charge in [-0.25, -0.2) is 4.79 Å². The molecule has 0 aliphatic carbocycles. The molecule has 0 fully saturated rings. The van der Waals surface area contributed by atoms with Crippen molar-refractivity contribution in [2.75, 3.05) is 26.7 Å². The molecule has 1 rings (SSSR count). The van der Waals surface area contributed by atoms with Crippen LogP contribution >= 0.6 is 0 Å². The van der Waals surface area contributed by atoms with Crippen molar-refractivity contribution in [3.63, 3.8) is 0 Å². The standard InChI is InChI=1S/C10H15F3N4O/c1-3-16(5-4-14-2)9(18)17-7-8(6-15-17)10(11,12)13/h6-7,14H,3-5H2,1-2H3. The molecule has 18 heavy (non-hydrogen) atoms. The maximum absolute atomic E-state index is 12.4. The zero-order valence-corrected chi connectivity index (χ0v) is 10.2. The van der Waals surface area contributed by atoms with Gasteiger partial charge in [0, 0.05) is 25.8 Å². The molecule has 0 unspecified atom stereocenters. The van der Waals surface area contributed by atoms with E-state index in [9.17, 15) is 18.0 Å². The molecule has 1 aromatic heterocycles. The molecule has 8 heteroatoms. The largest absolute Gasteiger partial charge is 0.419 e. The van der Waals surface area contributed by atoms with E-state index in [0.717, 1.165) is 0 Å². The molecule has 1 N–H and O–H groups in total. The van der Waals surface area contributed by atoms with Gasteiger partial charge in [-0.3, -0.25) is 0 Å². The third-order valence-electron chi connectivity index (χ3n) is 2.39. The predicted octanol–water partition coefficient (Wildman–Crippen LogP) is 1.41. The minimum atomic E-state index is -4.49. The Morgan fingerprint density at radius 1 is 1.56 bits per heavy atom. The van der Waals surface area contributed by atoms with Gasteiger partial charge in [0.1, 0.15) is 0 Å². The van der Waals surface area contributed by atoms with Crippen LogP contribution in [-0.2, 0) is 6.18 Å². The lowest BCUT2D eigenvalue weighted by Gasteiger charge is -2.19. The van der Waals surface area contributed by atoms with E-state index in [2.05, 4.69) is 10.4 Å². The van der Waals surface area contributed by atoms with E-state index in [1.807, 2.05) is 0 Å². The van der Waals surface area contributed by atoms with Crippen LogP contribution < -0.4 is 5.32 Å². The molecule has 0 aliphatic heterocycles. The summed E-state index contributed by atoms with van der Waals surface area (Å²) in [7, 11) is 1.73. The fourth-order valence-corrected chi connectivity index (χ4v) is 1.35. The van der Waals surface area contributed by atoms with Gasteiger partial charge in [0.2, 0.25) is 0 Å². The Bertz CT molecular complexity index is 402. The summed E-state index contributed by atoms with van der Waals surface area (Å²) in [6.45, 7) is 3.13. The van der Waals surface area contributed by atoms with Gasteiger partial charge in [-0.1, -0.05) is 0 Å². The SMILES string of the molecule is CCN(CCNC)C(=O)n1cc(C(F)(F)F)cn1. The fraction of sp³-hybridized carbons (Fsp3) is 0.600. The Kier molecular flexibility index (Phi) is 4.71. The Balaban J connectivity index is 2.79. The molecule has 1 amide bonds. The first-order valence-electron chi connectivity index (χ1n) is 5.46. The van der Waals surface area contributed by atoms with Crippen LogP contribution in [0.3, 0.4) is 0 Å². The van der Waals surface area contributed by atoms with Gasteiger partial charge in [-0.15, -0.1) is 0 Å². The molecule has 0 saturated carbocycles. The third kappa shape index (κ3) is 3.46. The zero-order chi connectivity index (χ0) is 13.8. The molecule has 1 heterocycles. The average Bonchev–Trinajstić information content (AvgIpc) is 2.78. The number of alkyl halides is 3. The number of carbonyl (C=O) groups is 1. The predicted molar refractivity (Wildman–Crippen MR) is 59.2 cm³/mol. The lowest BCUT2D eigenvalue weighted by Crippen LogP contribution is -2.38. The van der Waals surface area contributed by atoms with E-state index in [0.29, 0.717) is 36.7 Å². The summed E-state index contributed by atoms with van der Waals surface area (Å²) in [5.74, 6) is 0. The quantitative estimate of drug-likeness (QED) is 0.894. The van der Waals surface area contributed by atoms with Gasteiger partial charge >= 0.3 is 12.2 Å². The van der Waals surface area contributed by atoms with E-state index in [4.69, 9.17) is 0 Å². The highest BCUT2D eigenvalue weighted by Gasteiger charge is 2.33.